The van der Waals surface area contributed by atoms with Crippen molar-refractivity contribution >= 4 is 33.0 Å². The maximum absolute atomic E-state index is 12.1. The molecule has 1 saturated carbocycles. The molecule has 1 aliphatic rings. The fourth-order valence-electron chi connectivity index (χ4n) is 2.12. The molecule has 2 aromatic rings. The number of nitrogens with zero attached hydrogens (tertiary/aromatic N) is 2. The van der Waals surface area contributed by atoms with Crippen molar-refractivity contribution in [3.05, 3.63) is 21.9 Å². The minimum absolute atomic E-state index is 0.00608. The maximum Gasteiger partial charge on any atom is 0.249 e. The third-order valence-electron chi connectivity index (χ3n) is 3.30. The van der Waals surface area contributed by atoms with Crippen molar-refractivity contribution in [1.29, 1.82) is 0 Å². The van der Waals surface area contributed by atoms with Crippen molar-refractivity contribution in [3.8, 4) is 0 Å². The number of H-pyrrole nitrogens is 1. The third-order valence-corrected chi connectivity index (χ3v) is 5.32. The molecule has 0 spiro atoms. The second-order valence-corrected chi connectivity index (χ2v) is 8.37. The van der Waals surface area contributed by atoms with Crippen LogP contribution in [0.1, 0.15) is 22.1 Å². The molecule has 1 fully saturated rings. The Balaban J connectivity index is 1.64. The lowest BCUT2D eigenvalue weighted by Crippen LogP contribution is -2.15. The maximum atomic E-state index is 12.1. The van der Waals surface area contributed by atoms with Crippen molar-refractivity contribution in [2.75, 3.05) is 11.6 Å². The van der Waals surface area contributed by atoms with Crippen LogP contribution in [0.4, 0.5) is 5.95 Å². The zero-order valence-electron chi connectivity index (χ0n) is 11.5. The molecular weight excluding hydrogens is 312 g/mol. The third kappa shape index (κ3) is 2.98. The van der Waals surface area contributed by atoms with E-state index in [0.29, 0.717) is 0 Å². The fourth-order valence-corrected chi connectivity index (χ4v) is 3.64. The highest BCUT2D eigenvalue weighted by molar-refractivity contribution is 7.90. The van der Waals surface area contributed by atoms with Gasteiger partial charge in [-0.25, -0.2) is 13.5 Å². The molecule has 112 valence electrons. The SMILES string of the molecule is Cc1ccc([C@@H]2C[C@H]2C(=O)Nc2n[nH]c(S(C)(=O)=O)n2)s1. The molecule has 3 rings (SSSR count). The zero-order valence-corrected chi connectivity index (χ0v) is 13.1. The number of anilines is 1. The van der Waals surface area contributed by atoms with E-state index in [1.165, 1.54) is 9.75 Å². The summed E-state index contributed by atoms with van der Waals surface area (Å²) in [7, 11) is -3.45. The molecule has 0 aromatic carbocycles. The van der Waals surface area contributed by atoms with E-state index in [-0.39, 0.29) is 28.8 Å². The van der Waals surface area contributed by atoms with Gasteiger partial charge in [0.2, 0.25) is 26.8 Å². The number of aromatic nitrogens is 3. The number of hydrogen-bond acceptors (Lipinski definition) is 6. The van der Waals surface area contributed by atoms with Crippen molar-refractivity contribution in [3.63, 3.8) is 0 Å². The average Bonchev–Trinajstić information content (AvgIpc) is 2.83. The van der Waals surface area contributed by atoms with Gasteiger partial charge in [-0.2, -0.15) is 4.98 Å². The number of amides is 1. The van der Waals surface area contributed by atoms with Crippen LogP contribution in [0.3, 0.4) is 0 Å². The lowest BCUT2D eigenvalue weighted by atomic mass is 10.2. The predicted molar refractivity (Wildman–Crippen MR) is 78.0 cm³/mol. The van der Waals surface area contributed by atoms with E-state index in [9.17, 15) is 13.2 Å². The second kappa shape index (κ2) is 4.92. The summed E-state index contributed by atoms with van der Waals surface area (Å²) in [6, 6.07) is 4.09. The van der Waals surface area contributed by atoms with Gasteiger partial charge in [0.05, 0.1) is 0 Å². The highest BCUT2D eigenvalue weighted by Crippen LogP contribution is 2.50. The Kier molecular flexibility index (Phi) is 3.33. The van der Waals surface area contributed by atoms with E-state index >= 15 is 0 Å². The lowest BCUT2D eigenvalue weighted by molar-refractivity contribution is -0.117. The molecule has 0 unspecified atom stereocenters. The van der Waals surface area contributed by atoms with Crippen LogP contribution in [0.25, 0.3) is 0 Å². The molecule has 1 aliphatic carbocycles. The standard InChI is InChI=1S/C12H14N4O3S2/c1-6-3-4-9(20-6)7-5-8(7)10(17)13-11-14-12(16-15-11)21(2,18)19/h3-4,7-8H,5H2,1-2H3,(H2,13,14,15,16,17)/t7-,8-/m1/s1. The molecule has 2 N–H and O–H groups in total. The molecular formula is C12H14N4O3S2. The quantitative estimate of drug-likeness (QED) is 0.881. The van der Waals surface area contributed by atoms with Crippen LogP contribution in [0, 0.1) is 12.8 Å². The summed E-state index contributed by atoms with van der Waals surface area (Å²) in [5, 5.41) is 8.28. The first-order valence-electron chi connectivity index (χ1n) is 6.34. The lowest BCUT2D eigenvalue weighted by Gasteiger charge is -1.98. The van der Waals surface area contributed by atoms with Crippen molar-refractivity contribution in [1.82, 2.24) is 15.2 Å². The van der Waals surface area contributed by atoms with Crippen LogP contribution >= 0.6 is 11.3 Å². The van der Waals surface area contributed by atoms with Crippen LogP contribution in [0.2, 0.25) is 0 Å². The van der Waals surface area contributed by atoms with Crippen LogP contribution in [-0.4, -0.2) is 35.8 Å². The number of aryl methyl sites for hydroxylation is 1. The number of sulfone groups is 1. The van der Waals surface area contributed by atoms with Gasteiger partial charge >= 0.3 is 0 Å². The van der Waals surface area contributed by atoms with Gasteiger partial charge in [0.1, 0.15) is 0 Å². The van der Waals surface area contributed by atoms with Crippen LogP contribution in [0.5, 0.6) is 0 Å². The minimum atomic E-state index is -3.45. The summed E-state index contributed by atoms with van der Waals surface area (Å²) in [5.41, 5.74) is 0. The Hall–Kier alpha value is -1.74. The molecule has 7 nitrogen and oxygen atoms in total. The normalized spacial score (nSPS) is 21.2. The monoisotopic (exact) mass is 326 g/mol. The highest BCUT2D eigenvalue weighted by atomic mass is 32.2. The largest absolute Gasteiger partial charge is 0.293 e. The van der Waals surface area contributed by atoms with Gasteiger partial charge in [-0.15, -0.1) is 16.4 Å². The number of carbonyl (C=O) groups excluding carboxylic acids is 1. The van der Waals surface area contributed by atoms with E-state index in [2.05, 4.69) is 20.5 Å². The second-order valence-electron chi connectivity index (χ2n) is 5.12. The summed E-state index contributed by atoms with van der Waals surface area (Å²) < 4.78 is 22.5. The Morgan fingerprint density at radius 3 is 2.81 bits per heavy atom. The van der Waals surface area contributed by atoms with Gasteiger partial charge in [0, 0.05) is 27.8 Å². The number of carbonyl (C=O) groups is 1. The summed E-state index contributed by atoms with van der Waals surface area (Å²) in [6.45, 7) is 2.03. The van der Waals surface area contributed by atoms with Crippen molar-refractivity contribution in [2.45, 2.75) is 24.4 Å². The van der Waals surface area contributed by atoms with Gasteiger partial charge in [-0.05, 0) is 25.5 Å². The van der Waals surface area contributed by atoms with E-state index < -0.39 is 9.84 Å². The first kappa shape index (κ1) is 14.2. The summed E-state index contributed by atoms with van der Waals surface area (Å²) >= 11 is 1.70. The van der Waals surface area contributed by atoms with Crippen LogP contribution in [0.15, 0.2) is 17.3 Å². The first-order valence-corrected chi connectivity index (χ1v) is 9.05. The van der Waals surface area contributed by atoms with Crippen LogP contribution in [-0.2, 0) is 14.6 Å². The van der Waals surface area contributed by atoms with Crippen LogP contribution < -0.4 is 5.32 Å². The Bertz CT molecular complexity index is 793. The number of hydrogen-bond donors (Lipinski definition) is 2. The molecule has 0 bridgehead atoms. The Morgan fingerprint density at radius 1 is 1.48 bits per heavy atom. The molecule has 0 saturated heterocycles. The number of aromatic amines is 1. The zero-order chi connectivity index (χ0) is 15.2. The smallest absolute Gasteiger partial charge is 0.249 e. The van der Waals surface area contributed by atoms with E-state index in [1.807, 2.05) is 19.1 Å². The molecule has 9 heteroatoms. The fraction of sp³-hybridized carbons (Fsp3) is 0.417. The topological polar surface area (TPSA) is 105 Å². The highest BCUT2D eigenvalue weighted by Gasteiger charge is 2.45. The van der Waals surface area contributed by atoms with Gasteiger partial charge < -0.3 is 0 Å². The number of thiophene rings is 1. The summed E-state index contributed by atoms with van der Waals surface area (Å²) in [5.74, 6) is -0.0289. The van der Waals surface area contributed by atoms with Crippen molar-refractivity contribution in [2.24, 2.45) is 5.92 Å². The first-order chi connectivity index (χ1) is 9.84. The Labute approximate surface area is 125 Å². The van der Waals surface area contributed by atoms with E-state index in [4.69, 9.17) is 0 Å². The minimum Gasteiger partial charge on any atom is -0.293 e. The van der Waals surface area contributed by atoms with Gasteiger partial charge in [0.15, 0.2) is 0 Å². The molecule has 0 aliphatic heterocycles. The Morgan fingerprint density at radius 2 is 2.24 bits per heavy atom. The molecule has 0 radical (unpaired) electrons. The molecule has 2 atom stereocenters. The van der Waals surface area contributed by atoms with E-state index in [1.54, 1.807) is 11.3 Å². The van der Waals surface area contributed by atoms with E-state index in [0.717, 1.165) is 12.7 Å². The molecule has 1 amide bonds. The van der Waals surface area contributed by atoms with Crippen molar-refractivity contribution < 1.29 is 13.2 Å². The molecule has 2 heterocycles. The molecule has 21 heavy (non-hydrogen) atoms. The van der Waals surface area contributed by atoms with Gasteiger partial charge in [0.25, 0.3) is 0 Å². The average molecular weight is 326 g/mol. The predicted octanol–water partition coefficient (Wildman–Crippen LogP) is 1.32. The number of rotatable bonds is 4. The summed E-state index contributed by atoms with van der Waals surface area (Å²) in [4.78, 5) is 18.3. The number of nitrogens with one attached hydrogen (secondary N) is 2. The molecule has 2 aromatic heterocycles. The van der Waals surface area contributed by atoms with Gasteiger partial charge in [-0.1, -0.05) is 0 Å². The summed E-state index contributed by atoms with van der Waals surface area (Å²) in [6.07, 6.45) is 1.82. The van der Waals surface area contributed by atoms with Gasteiger partial charge in [-0.3, -0.25) is 10.1 Å².